The Hall–Kier alpha value is -2.97. The summed E-state index contributed by atoms with van der Waals surface area (Å²) in [4.78, 5) is 4.57. The molecule has 4 rings (SSSR count). The van der Waals surface area contributed by atoms with Crippen LogP contribution in [-0.4, -0.2) is 43.0 Å². The van der Waals surface area contributed by atoms with Gasteiger partial charge in [-0.3, -0.25) is 4.98 Å². The topological polar surface area (TPSA) is 79.7 Å². The molecule has 0 aliphatic heterocycles. The highest BCUT2D eigenvalue weighted by Crippen LogP contribution is 2.36. The summed E-state index contributed by atoms with van der Waals surface area (Å²) < 4.78 is 32.5. The lowest BCUT2D eigenvalue weighted by Crippen LogP contribution is -2.29. The number of benzene rings is 3. The number of para-hydroxylation sites is 1. The molecule has 0 saturated carbocycles. The average Bonchev–Trinajstić information content (AvgIpc) is 2.79. The number of aromatic nitrogens is 1. The summed E-state index contributed by atoms with van der Waals surface area (Å²) in [6.45, 7) is 1.75. The minimum Gasteiger partial charge on any atom is -0.457 e. The highest BCUT2D eigenvalue weighted by molar-refractivity contribution is 7.89. The van der Waals surface area contributed by atoms with Gasteiger partial charge in [0, 0.05) is 31.2 Å². The highest BCUT2D eigenvalue weighted by Gasteiger charge is 2.21. The molecule has 6 nitrogen and oxygen atoms in total. The molecule has 8 heteroatoms. The number of rotatable bonds is 7. The van der Waals surface area contributed by atoms with Crippen LogP contribution in [0, 0.1) is 6.92 Å². The van der Waals surface area contributed by atoms with Crippen molar-refractivity contribution in [3.05, 3.63) is 83.5 Å². The van der Waals surface area contributed by atoms with Gasteiger partial charge in [-0.15, -0.1) is 0 Å². The van der Waals surface area contributed by atoms with Crippen LogP contribution in [0.15, 0.2) is 77.8 Å². The average molecular weight is 483 g/mol. The van der Waals surface area contributed by atoms with Gasteiger partial charge in [-0.05, 0) is 53.9 Å². The first kappa shape index (κ1) is 23.2. The van der Waals surface area contributed by atoms with Crippen molar-refractivity contribution >= 4 is 32.5 Å². The summed E-state index contributed by atoms with van der Waals surface area (Å²) in [5.74, 6) is 0.960. The zero-order chi connectivity index (χ0) is 23.6. The van der Waals surface area contributed by atoms with Crippen LogP contribution in [0.4, 0.5) is 0 Å². The third-order valence-corrected chi connectivity index (χ3v) is 7.48. The Morgan fingerprint density at radius 1 is 1.03 bits per heavy atom. The van der Waals surface area contributed by atoms with Gasteiger partial charge in [0.25, 0.3) is 0 Å². The number of hydrogen-bond acceptors (Lipinski definition) is 5. The van der Waals surface area contributed by atoms with E-state index in [-0.39, 0.29) is 18.0 Å². The first-order valence-electron chi connectivity index (χ1n) is 10.3. The summed E-state index contributed by atoms with van der Waals surface area (Å²) in [6, 6.07) is 19.6. The predicted octanol–water partition coefficient (Wildman–Crippen LogP) is 5.27. The van der Waals surface area contributed by atoms with E-state index < -0.39 is 10.0 Å². The number of likely N-dealkylation sites (N-methyl/N-ethyl adjacent to an activating group) is 1. The Kier molecular flexibility index (Phi) is 6.67. The highest BCUT2D eigenvalue weighted by atomic mass is 35.5. The van der Waals surface area contributed by atoms with Gasteiger partial charge in [-0.1, -0.05) is 41.9 Å². The molecule has 0 aliphatic rings. The molecule has 0 amide bonds. The van der Waals surface area contributed by atoms with Gasteiger partial charge in [0.2, 0.25) is 10.0 Å². The van der Waals surface area contributed by atoms with Crippen LogP contribution in [-0.2, 0) is 10.0 Å². The zero-order valence-electron chi connectivity index (χ0n) is 18.2. The first-order valence-corrected chi connectivity index (χ1v) is 12.1. The number of pyridine rings is 1. The van der Waals surface area contributed by atoms with Crippen LogP contribution in [0.3, 0.4) is 0 Å². The van der Waals surface area contributed by atoms with Gasteiger partial charge in [0.15, 0.2) is 0 Å². The van der Waals surface area contributed by atoms with Crippen LogP contribution in [0.5, 0.6) is 11.5 Å². The largest absolute Gasteiger partial charge is 0.457 e. The molecule has 0 saturated heterocycles. The van der Waals surface area contributed by atoms with Crippen molar-refractivity contribution in [2.45, 2.75) is 11.8 Å². The molecule has 33 heavy (non-hydrogen) atoms. The van der Waals surface area contributed by atoms with Crippen molar-refractivity contribution in [3.8, 4) is 22.6 Å². The van der Waals surface area contributed by atoms with E-state index in [4.69, 9.17) is 21.4 Å². The first-order chi connectivity index (χ1) is 15.8. The maximum Gasteiger partial charge on any atom is 0.243 e. The van der Waals surface area contributed by atoms with Gasteiger partial charge < -0.3 is 9.84 Å². The molecule has 1 N–H and O–H groups in total. The monoisotopic (exact) mass is 482 g/mol. The molecular formula is C25H23ClN2O4S. The third-order valence-electron chi connectivity index (χ3n) is 5.32. The molecule has 1 aromatic heterocycles. The molecule has 0 unspecified atom stereocenters. The van der Waals surface area contributed by atoms with E-state index in [0.29, 0.717) is 16.5 Å². The van der Waals surface area contributed by atoms with E-state index in [9.17, 15) is 8.42 Å². The lowest BCUT2D eigenvalue weighted by atomic mass is 9.97. The molecule has 4 aromatic rings. The number of ether oxygens (including phenoxy) is 1. The molecule has 0 spiro atoms. The molecule has 170 valence electrons. The Labute approximate surface area is 198 Å². The second-order valence-corrected chi connectivity index (χ2v) is 10.1. The molecule has 0 bridgehead atoms. The normalized spacial score (nSPS) is 11.8. The van der Waals surface area contributed by atoms with E-state index in [1.165, 1.54) is 19.2 Å². The summed E-state index contributed by atoms with van der Waals surface area (Å²) in [6.07, 6.45) is 1.80. The van der Waals surface area contributed by atoms with Gasteiger partial charge in [-0.2, -0.15) is 4.31 Å². The Bertz CT molecular complexity index is 1420. The fraction of sp³-hybridized carbons (Fsp3) is 0.160. The van der Waals surface area contributed by atoms with Crippen molar-refractivity contribution in [3.63, 3.8) is 0 Å². The lowest BCUT2D eigenvalue weighted by molar-refractivity contribution is 0.266. The summed E-state index contributed by atoms with van der Waals surface area (Å²) >= 11 is 6.35. The number of aliphatic hydroxyl groups excluding tert-OH is 1. The predicted molar refractivity (Wildman–Crippen MR) is 130 cm³/mol. The number of halogens is 1. The SMILES string of the molecule is Cc1cnc2c(Cl)cccc2c1-c1cccc(Oc2cccc(S(=O)(=O)N(C)CCO)c2)c1. The smallest absolute Gasteiger partial charge is 0.243 e. The molecule has 1 heterocycles. The molecular weight excluding hydrogens is 460 g/mol. The fourth-order valence-corrected chi connectivity index (χ4v) is 5.08. The van der Waals surface area contributed by atoms with E-state index in [1.807, 2.05) is 49.4 Å². The van der Waals surface area contributed by atoms with Crippen molar-refractivity contribution < 1.29 is 18.3 Å². The van der Waals surface area contributed by atoms with Crippen LogP contribution in [0.1, 0.15) is 5.56 Å². The summed E-state index contributed by atoms with van der Waals surface area (Å²) in [5.41, 5.74) is 3.68. The number of nitrogens with zero attached hydrogens (tertiary/aromatic N) is 2. The van der Waals surface area contributed by atoms with Crippen molar-refractivity contribution in [2.75, 3.05) is 20.2 Å². The van der Waals surface area contributed by atoms with E-state index in [2.05, 4.69) is 4.98 Å². The second kappa shape index (κ2) is 9.49. The van der Waals surface area contributed by atoms with E-state index in [0.717, 1.165) is 31.9 Å². The van der Waals surface area contributed by atoms with Crippen molar-refractivity contribution in [1.29, 1.82) is 0 Å². The maximum absolute atomic E-state index is 12.7. The fourth-order valence-electron chi connectivity index (χ4n) is 3.66. The number of hydrogen-bond donors (Lipinski definition) is 1. The number of aryl methyl sites for hydroxylation is 1. The zero-order valence-corrected chi connectivity index (χ0v) is 19.8. The van der Waals surface area contributed by atoms with Crippen LogP contribution in [0.25, 0.3) is 22.0 Å². The maximum atomic E-state index is 12.7. The second-order valence-electron chi connectivity index (χ2n) is 7.61. The van der Waals surface area contributed by atoms with Crippen LogP contribution < -0.4 is 4.74 Å². The Morgan fingerprint density at radius 3 is 2.48 bits per heavy atom. The van der Waals surface area contributed by atoms with E-state index in [1.54, 1.807) is 18.3 Å². The Balaban J connectivity index is 1.70. The number of aliphatic hydroxyl groups is 1. The van der Waals surface area contributed by atoms with Gasteiger partial charge in [-0.25, -0.2) is 8.42 Å². The standard InChI is InChI=1S/C25H23ClN2O4S/c1-17-16-27-25-22(10-5-11-23(25)26)24(17)18-6-3-7-19(14-18)32-20-8-4-9-21(15-20)33(30,31)28(2)12-13-29/h3-11,14-16,29H,12-13H2,1-2H3. The van der Waals surface area contributed by atoms with Gasteiger partial charge in [0.05, 0.1) is 22.0 Å². The summed E-state index contributed by atoms with van der Waals surface area (Å²) in [7, 11) is -2.30. The molecule has 3 aromatic carbocycles. The minimum absolute atomic E-state index is 0.0126. The quantitative estimate of drug-likeness (QED) is 0.388. The van der Waals surface area contributed by atoms with Crippen LogP contribution in [0.2, 0.25) is 5.02 Å². The minimum atomic E-state index is -3.73. The van der Waals surface area contributed by atoms with Crippen molar-refractivity contribution in [1.82, 2.24) is 9.29 Å². The van der Waals surface area contributed by atoms with Crippen LogP contribution >= 0.6 is 11.6 Å². The molecule has 0 atom stereocenters. The molecule has 0 fully saturated rings. The van der Waals surface area contributed by atoms with Gasteiger partial charge in [0.1, 0.15) is 11.5 Å². The lowest BCUT2D eigenvalue weighted by Gasteiger charge is -2.16. The Morgan fingerprint density at radius 2 is 1.73 bits per heavy atom. The molecule has 0 radical (unpaired) electrons. The van der Waals surface area contributed by atoms with Gasteiger partial charge >= 0.3 is 0 Å². The number of fused-ring (bicyclic) bond motifs is 1. The summed E-state index contributed by atoms with van der Waals surface area (Å²) in [5, 5.41) is 10.6. The van der Waals surface area contributed by atoms with Crippen molar-refractivity contribution in [2.24, 2.45) is 0 Å². The number of sulfonamides is 1. The molecule has 0 aliphatic carbocycles. The third kappa shape index (κ3) is 4.72. The van der Waals surface area contributed by atoms with E-state index >= 15 is 0 Å².